The molecule has 1 atom stereocenters. The average molecular weight is 300 g/mol. The highest BCUT2D eigenvalue weighted by molar-refractivity contribution is 5.68. The van der Waals surface area contributed by atoms with Crippen LogP contribution in [0.15, 0.2) is 24.3 Å². The molecule has 0 bridgehead atoms. The summed E-state index contributed by atoms with van der Waals surface area (Å²) in [4.78, 5) is 14.6. The quantitative estimate of drug-likeness (QED) is 0.824. The zero-order chi connectivity index (χ0) is 16.3. The van der Waals surface area contributed by atoms with Gasteiger partial charge in [0.05, 0.1) is 6.57 Å². The van der Waals surface area contributed by atoms with E-state index in [0.717, 1.165) is 12.1 Å². The number of nitrogens with one attached hydrogen (secondary N) is 1. The molecule has 0 aromatic heterocycles. The molecule has 1 amide bonds. The summed E-state index contributed by atoms with van der Waals surface area (Å²) in [6, 6.07) is 2.65. The summed E-state index contributed by atoms with van der Waals surface area (Å²) in [5, 5.41) is 1.80. The van der Waals surface area contributed by atoms with E-state index in [0.29, 0.717) is 0 Å². The van der Waals surface area contributed by atoms with Gasteiger partial charge in [0, 0.05) is 0 Å². The Kier molecular flexibility index (Phi) is 4.84. The molecule has 4 nitrogen and oxygen atoms in total. The minimum atomic E-state index is -4.67. The summed E-state index contributed by atoms with van der Waals surface area (Å²) in [5.74, 6) is 0. The summed E-state index contributed by atoms with van der Waals surface area (Å²) in [5.41, 5.74) is -0.841. The van der Waals surface area contributed by atoms with Gasteiger partial charge < -0.3 is 10.1 Å². The number of halogens is 3. The topological polar surface area (TPSA) is 42.7 Å². The number of hydrogen-bond donors (Lipinski definition) is 1. The zero-order valence-corrected chi connectivity index (χ0v) is 11.8. The Morgan fingerprint density at radius 3 is 2.14 bits per heavy atom. The molecule has 7 heteroatoms. The van der Waals surface area contributed by atoms with Crippen LogP contribution in [0, 0.1) is 6.57 Å². The third-order valence-electron chi connectivity index (χ3n) is 2.34. The molecule has 1 N–H and O–H groups in total. The monoisotopic (exact) mass is 300 g/mol. The predicted octanol–water partition coefficient (Wildman–Crippen LogP) is 4.37. The van der Waals surface area contributed by atoms with Gasteiger partial charge in [-0.25, -0.2) is 9.64 Å². The van der Waals surface area contributed by atoms with Gasteiger partial charge in [-0.05, 0) is 26.3 Å². The largest absolute Gasteiger partial charge is 0.444 e. The van der Waals surface area contributed by atoms with Crippen LogP contribution in [-0.4, -0.2) is 17.9 Å². The van der Waals surface area contributed by atoms with E-state index >= 15 is 0 Å². The van der Waals surface area contributed by atoms with Crippen LogP contribution in [0.5, 0.6) is 0 Å². The Morgan fingerprint density at radius 1 is 1.24 bits per heavy atom. The van der Waals surface area contributed by atoms with E-state index < -0.39 is 23.9 Å². The first kappa shape index (κ1) is 16.8. The molecule has 0 saturated heterocycles. The highest BCUT2D eigenvalue weighted by Crippen LogP contribution is 2.33. The molecular weight excluding hydrogens is 285 g/mol. The van der Waals surface area contributed by atoms with Crippen molar-refractivity contribution < 1.29 is 22.7 Å². The van der Waals surface area contributed by atoms with Crippen molar-refractivity contribution in [3.63, 3.8) is 0 Å². The fourth-order valence-electron chi connectivity index (χ4n) is 1.52. The van der Waals surface area contributed by atoms with E-state index in [4.69, 9.17) is 11.3 Å². The molecule has 0 heterocycles. The second kappa shape index (κ2) is 6.04. The lowest BCUT2D eigenvalue weighted by Crippen LogP contribution is -2.41. The number of nitrogens with zero attached hydrogens (tertiary/aromatic N) is 1. The van der Waals surface area contributed by atoms with Crippen molar-refractivity contribution in [3.05, 3.63) is 41.2 Å². The SMILES string of the molecule is [C-]#[N+]c1ccc([C@H](NC(=O)OC(C)(C)C)C(F)(F)F)cc1. The van der Waals surface area contributed by atoms with E-state index in [1.54, 1.807) is 26.1 Å². The van der Waals surface area contributed by atoms with Crippen molar-refractivity contribution in [2.45, 2.75) is 38.6 Å². The van der Waals surface area contributed by atoms with Gasteiger partial charge in [0.25, 0.3) is 0 Å². The Balaban J connectivity index is 2.96. The first-order valence-electron chi connectivity index (χ1n) is 6.06. The second-order valence-corrected chi connectivity index (χ2v) is 5.32. The van der Waals surface area contributed by atoms with Gasteiger partial charge in [-0.2, -0.15) is 13.2 Å². The molecule has 0 unspecified atom stereocenters. The standard InChI is InChI=1S/C14H15F3N2O2/c1-13(2,3)21-12(20)19-11(14(15,16)17)9-5-7-10(18-4)8-6-9/h5-8,11H,1-3H3,(H,19,20)/t11-/m0/s1. The van der Waals surface area contributed by atoms with Gasteiger partial charge in [0.1, 0.15) is 5.60 Å². The van der Waals surface area contributed by atoms with E-state index in [-0.39, 0.29) is 11.3 Å². The van der Waals surface area contributed by atoms with Crippen molar-refractivity contribution in [3.8, 4) is 0 Å². The predicted molar refractivity (Wildman–Crippen MR) is 70.9 cm³/mol. The van der Waals surface area contributed by atoms with Crippen LogP contribution < -0.4 is 5.32 Å². The summed E-state index contributed by atoms with van der Waals surface area (Å²) in [7, 11) is 0. The van der Waals surface area contributed by atoms with Crippen LogP contribution in [0.1, 0.15) is 32.4 Å². The minimum absolute atomic E-state index is 0.166. The number of benzene rings is 1. The highest BCUT2D eigenvalue weighted by Gasteiger charge is 2.42. The Hall–Kier alpha value is -2.23. The number of ether oxygens (including phenoxy) is 1. The molecule has 0 aliphatic carbocycles. The first-order chi connectivity index (χ1) is 9.53. The molecule has 1 aromatic rings. The Bertz CT molecular complexity index is 539. The molecular formula is C14H15F3N2O2. The molecule has 1 rings (SSSR count). The molecule has 0 radical (unpaired) electrons. The van der Waals surface area contributed by atoms with Crippen molar-refractivity contribution in [1.29, 1.82) is 0 Å². The number of alkyl halides is 3. The molecule has 1 aromatic carbocycles. The number of hydrogen-bond acceptors (Lipinski definition) is 2. The highest BCUT2D eigenvalue weighted by atomic mass is 19.4. The van der Waals surface area contributed by atoms with E-state index in [1.807, 2.05) is 0 Å². The number of alkyl carbamates (subject to hydrolysis) is 1. The Morgan fingerprint density at radius 2 is 1.76 bits per heavy atom. The van der Waals surface area contributed by atoms with Gasteiger partial charge in [-0.15, -0.1) is 0 Å². The number of carbonyl (C=O) groups is 1. The lowest BCUT2D eigenvalue weighted by molar-refractivity contribution is -0.156. The van der Waals surface area contributed by atoms with Crippen LogP contribution in [0.25, 0.3) is 4.85 Å². The van der Waals surface area contributed by atoms with Crippen molar-refractivity contribution in [2.24, 2.45) is 0 Å². The third kappa shape index (κ3) is 5.34. The first-order valence-corrected chi connectivity index (χ1v) is 6.06. The third-order valence-corrected chi connectivity index (χ3v) is 2.34. The maximum atomic E-state index is 13.1. The van der Waals surface area contributed by atoms with Crippen molar-refractivity contribution >= 4 is 11.8 Å². The molecule has 0 saturated carbocycles. The number of carbonyl (C=O) groups excluding carboxylic acids is 1. The number of rotatable bonds is 2. The molecule has 21 heavy (non-hydrogen) atoms. The van der Waals surface area contributed by atoms with Crippen LogP contribution in [0.4, 0.5) is 23.7 Å². The van der Waals surface area contributed by atoms with E-state index in [2.05, 4.69) is 4.85 Å². The van der Waals surface area contributed by atoms with Gasteiger partial charge >= 0.3 is 12.3 Å². The maximum absolute atomic E-state index is 13.1. The smallest absolute Gasteiger partial charge is 0.412 e. The van der Waals surface area contributed by atoms with Crippen LogP contribution in [0.3, 0.4) is 0 Å². The van der Waals surface area contributed by atoms with E-state index in [9.17, 15) is 18.0 Å². The lowest BCUT2D eigenvalue weighted by atomic mass is 10.1. The van der Waals surface area contributed by atoms with Gasteiger partial charge in [0.15, 0.2) is 11.7 Å². The summed E-state index contributed by atoms with van der Waals surface area (Å²) < 4.78 is 44.0. The van der Waals surface area contributed by atoms with Gasteiger partial charge in [-0.1, -0.05) is 24.3 Å². The lowest BCUT2D eigenvalue weighted by Gasteiger charge is -2.25. The average Bonchev–Trinajstić information content (AvgIpc) is 2.33. The number of amides is 1. The maximum Gasteiger partial charge on any atom is 0.412 e. The van der Waals surface area contributed by atoms with Gasteiger partial charge in [-0.3, -0.25) is 0 Å². The van der Waals surface area contributed by atoms with Crippen molar-refractivity contribution in [1.82, 2.24) is 5.32 Å². The normalized spacial score (nSPS) is 13.2. The summed E-state index contributed by atoms with van der Waals surface area (Å²) in [6.07, 6.45) is -5.82. The zero-order valence-electron chi connectivity index (χ0n) is 11.8. The fraction of sp³-hybridized carbons (Fsp3) is 0.429. The molecule has 0 aliphatic heterocycles. The molecule has 114 valence electrons. The summed E-state index contributed by atoms with van der Waals surface area (Å²) in [6.45, 7) is 11.4. The molecule has 0 fully saturated rings. The fourth-order valence-corrected chi connectivity index (χ4v) is 1.52. The van der Waals surface area contributed by atoms with Gasteiger partial charge in [0.2, 0.25) is 0 Å². The minimum Gasteiger partial charge on any atom is -0.444 e. The van der Waals surface area contributed by atoms with Crippen LogP contribution >= 0.6 is 0 Å². The Labute approximate surface area is 120 Å². The van der Waals surface area contributed by atoms with E-state index in [1.165, 1.54) is 12.1 Å². The van der Waals surface area contributed by atoms with Crippen molar-refractivity contribution in [2.75, 3.05) is 0 Å². The van der Waals surface area contributed by atoms with Crippen LogP contribution in [-0.2, 0) is 4.74 Å². The molecule has 0 spiro atoms. The second-order valence-electron chi connectivity index (χ2n) is 5.32. The van der Waals surface area contributed by atoms with Crippen LogP contribution in [0.2, 0.25) is 0 Å². The summed E-state index contributed by atoms with van der Waals surface area (Å²) >= 11 is 0. The molecule has 0 aliphatic rings.